The standard InChI is InChI=1S/2C20H20N6S2.3CHF3O3S.2Cu.H3O4P/c2*1-3-9-21-15(7-1)17-13-27-19(25-17)23-11-5-6-12-24-20-26-18(14-28-20)16-8-2-4-10-22-16;3*2-1(3,4)8(5,6)7;;;1-5(2,3)4/h2*1-4,7-10,13-14H,5-6,11-12H2,(H,23,25)(H,24,26);3*(H,5,6,7);;;(H3,1,2,3,4)/q;;;;;2*+2;/p-4. The number of nitrogens with one attached hydrogen (secondary N) is 4. The van der Waals surface area contributed by atoms with Crippen LogP contribution in [0.15, 0.2) is 119 Å². The number of nitrogens with zero attached hydrogens (tertiary/aromatic N) is 8. The molecule has 8 rings (SSSR count). The summed E-state index contributed by atoms with van der Waals surface area (Å²) in [4.78, 5) is 58.6. The number of unbranched alkanes of at least 4 members (excludes halogenated alkanes) is 2. The van der Waals surface area contributed by atoms with E-state index in [4.69, 9.17) is 58.2 Å². The number of hydrogen-bond donors (Lipinski definition) is 6. The summed E-state index contributed by atoms with van der Waals surface area (Å²) >= 11 is 6.45. The van der Waals surface area contributed by atoms with Crippen LogP contribution in [0.5, 0.6) is 0 Å². The van der Waals surface area contributed by atoms with Crippen LogP contribution >= 0.6 is 53.2 Å². The van der Waals surface area contributed by atoms with Gasteiger partial charge < -0.3 is 49.6 Å². The zero-order chi connectivity index (χ0) is 63.5. The zero-order valence-electron chi connectivity index (χ0n) is 43.0. The van der Waals surface area contributed by atoms with Crippen molar-refractivity contribution in [1.82, 2.24) is 39.9 Å². The van der Waals surface area contributed by atoms with E-state index >= 15 is 0 Å². The molecule has 6 N–H and O–H groups in total. The van der Waals surface area contributed by atoms with Crippen molar-refractivity contribution in [2.75, 3.05) is 47.4 Å². The molecule has 0 aromatic carbocycles. The van der Waals surface area contributed by atoms with Gasteiger partial charge in [0.05, 0.1) is 22.8 Å². The molecule has 0 aliphatic carbocycles. The number of halogens is 9. The predicted octanol–water partition coefficient (Wildman–Crippen LogP) is 8.64. The van der Waals surface area contributed by atoms with Gasteiger partial charge in [0.25, 0.3) is 7.82 Å². The van der Waals surface area contributed by atoms with Gasteiger partial charge in [-0.1, -0.05) is 24.3 Å². The normalized spacial score (nSPS) is 11.4. The maximum absolute atomic E-state index is 10.7. The van der Waals surface area contributed by atoms with Crippen molar-refractivity contribution in [1.29, 1.82) is 0 Å². The van der Waals surface area contributed by atoms with Crippen molar-refractivity contribution in [3.63, 3.8) is 0 Å². The van der Waals surface area contributed by atoms with Gasteiger partial charge in [-0.25, -0.2) is 45.2 Å². The van der Waals surface area contributed by atoms with Crippen LogP contribution in [-0.2, 0) is 69.1 Å². The van der Waals surface area contributed by atoms with E-state index in [1.54, 1.807) is 70.1 Å². The summed E-state index contributed by atoms with van der Waals surface area (Å²) in [5, 5.41) is 25.5. The third-order valence-electron chi connectivity index (χ3n) is 8.89. The zero-order valence-corrected chi connectivity index (χ0v) is 51.5. The van der Waals surface area contributed by atoms with Crippen LogP contribution in [0.25, 0.3) is 45.6 Å². The van der Waals surface area contributed by atoms with Gasteiger partial charge in [-0.15, -0.1) is 45.3 Å². The summed E-state index contributed by atoms with van der Waals surface area (Å²) in [5.41, 5.74) is -9.63. The van der Waals surface area contributed by atoms with E-state index in [9.17, 15) is 39.5 Å². The van der Waals surface area contributed by atoms with Gasteiger partial charge in [-0.05, 0) is 74.2 Å². The van der Waals surface area contributed by atoms with E-state index in [0.717, 1.165) is 118 Å². The molecular weight excluding hydrogens is 1450 g/mol. The molecule has 484 valence electrons. The first-order valence-corrected chi connectivity index (χ1v) is 32.1. The Labute approximate surface area is 526 Å². The van der Waals surface area contributed by atoms with E-state index < -0.39 is 54.7 Å². The second-order valence-electron chi connectivity index (χ2n) is 15.3. The molecule has 8 aromatic heterocycles. The summed E-state index contributed by atoms with van der Waals surface area (Å²) in [5.74, 6) is 0. The quantitative estimate of drug-likeness (QED) is 0.0117. The van der Waals surface area contributed by atoms with Gasteiger partial charge in [-0.3, -0.25) is 24.5 Å². The number of alkyl halides is 9. The molecular formula is C43H42Cu2F9N12O13PS7. The molecule has 44 heteroatoms. The summed E-state index contributed by atoms with van der Waals surface area (Å²) < 4.78 is 185. The Balaban J connectivity index is 0.000000594. The smallest absolute Gasteiger partial charge is 0.756 e. The van der Waals surface area contributed by atoms with Crippen LogP contribution in [0.1, 0.15) is 25.7 Å². The molecule has 25 nitrogen and oxygen atoms in total. The molecule has 0 unspecified atom stereocenters. The molecule has 8 aromatic rings. The average Bonchev–Trinajstić information content (AvgIpc) is 3.72. The number of phosphoric acid groups is 1. The molecule has 8 heterocycles. The molecule has 0 saturated heterocycles. The number of anilines is 4. The first-order valence-electron chi connectivity index (χ1n) is 22.8. The van der Waals surface area contributed by atoms with Gasteiger partial charge >= 0.3 is 50.7 Å². The van der Waals surface area contributed by atoms with Crippen LogP contribution in [-0.4, -0.2) is 131 Å². The topological polar surface area (TPSA) is 403 Å². The van der Waals surface area contributed by atoms with Gasteiger partial charge in [0.2, 0.25) is 0 Å². The summed E-state index contributed by atoms with van der Waals surface area (Å²) in [6.45, 7) is 3.59. The third-order valence-corrected chi connectivity index (χ3v) is 13.8. The number of aromatic nitrogens is 8. The van der Waals surface area contributed by atoms with Crippen molar-refractivity contribution in [3.8, 4) is 45.6 Å². The molecule has 2 radical (unpaired) electrons. The largest absolute Gasteiger partial charge is 2.00 e. The minimum absolute atomic E-state index is 0. The molecule has 0 atom stereocenters. The second-order valence-corrected chi connectivity index (χ2v) is 23.9. The Bertz CT molecular complexity index is 3190. The fraction of sp³-hybridized carbons (Fsp3) is 0.256. The Kier molecular flexibility index (Phi) is 34.3. The molecule has 0 aliphatic rings. The van der Waals surface area contributed by atoms with E-state index in [1.165, 1.54) is 0 Å². The number of rotatable bonds is 18. The summed E-state index contributed by atoms with van der Waals surface area (Å²) in [6, 6.07) is 23.4. The number of hydrogen-bond acceptors (Lipinski definition) is 27. The number of pyridine rings is 4. The van der Waals surface area contributed by atoms with Crippen LogP contribution in [0, 0.1) is 0 Å². The second kappa shape index (κ2) is 37.5. The molecule has 0 bridgehead atoms. The maximum Gasteiger partial charge on any atom is 2.00 e. The predicted molar refractivity (Wildman–Crippen MR) is 293 cm³/mol. The average molecular weight is 1490 g/mol. The monoisotopic (exact) mass is 1490 g/mol. The van der Waals surface area contributed by atoms with Crippen molar-refractivity contribution in [3.05, 3.63) is 119 Å². The SMILES string of the molecule is O=P([O-])(O)O.O=S(=O)([O-])C(F)(F)F.O=S(=O)([O-])C(F)(F)F.O=S(=O)([O-])C(F)(F)F.[Cu+2].[Cu+2].c1ccc(-c2csc(NCCCCNc3nc(-c4ccccn4)cs3)n2)nc1.c1ccc(-c2csc(NCCCCNc3nc(-c4ccccn4)cs3)n2)nc1. The molecule has 0 amide bonds. The van der Waals surface area contributed by atoms with Crippen molar-refractivity contribution >= 4 is 104 Å². The third kappa shape index (κ3) is 32.6. The van der Waals surface area contributed by atoms with Gasteiger partial charge in [0, 0.05) is 72.5 Å². The molecule has 0 spiro atoms. The molecule has 0 saturated carbocycles. The van der Waals surface area contributed by atoms with Crippen LogP contribution < -0.4 is 26.2 Å². The van der Waals surface area contributed by atoms with Crippen molar-refractivity contribution in [2.24, 2.45) is 0 Å². The van der Waals surface area contributed by atoms with E-state index in [0.29, 0.717) is 0 Å². The Morgan fingerprint density at radius 3 is 0.713 bits per heavy atom. The number of thiazole rings is 4. The molecule has 87 heavy (non-hydrogen) atoms. The Morgan fingerprint density at radius 1 is 0.402 bits per heavy atom. The van der Waals surface area contributed by atoms with E-state index in [1.807, 2.05) is 94.3 Å². The minimum atomic E-state index is -6.09. The Hall–Kier alpha value is -5.43. The van der Waals surface area contributed by atoms with E-state index in [-0.39, 0.29) is 34.1 Å². The van der Waals surface area contributed by atoms with Crippen LogP contribution in [0.4, 0.5) is 60.0 Å². The van der Waals surface area contributed by atoms with Gasteiger partial charge in [0.15, 0.2) is 50.9 Å². The van der Waals surface area contributed by atoms with Crippen LogP contribution in [0.3, 0.4) is 0 Å². The summed E-state index contributed by atoms with van der Waals surface area (Å²) in [6.07, 6.45) is 11.4. The molecule has 0 aliphatic heterocycles. The summed E-state index contributed by atoms with van der Waals surface area (Å²) in [7, 11) is -23.2. The van der Waals surface area contributed by atoms with Gasteiger partial charge in [-0.2, -0.15) is 39.5 Å². The fourth-order valence-corrected chi connectivity index (χ4v) is 8.16. The van der Waals surface area contributed by atoms with Crippen molar-refractivity contribution < 1.29 is 132 Å². The first-order chi connectivity index (χ1) is 39.5. The maximum atomic E-state index is 10.7. The van der Waals surface area contributed by atoms with Crippen molar-refractivity contribution in [2.45, 2.75) is 42.2 Å². The van der Waals surface area contributed by atoms with E-state index in [2.05, 4.69) is 61.1 Å². The minimum Gasteiger partial charge on any atom is -0.756 e. The Morgan fingerprint density at radius 2 is 0.575 bits per heavy atom. The molecule has 0 fully saturated rings. The fourth-order valence-electron chi connectivity index (χ4n) is 5.23. The first kappa shape index (κ1) is 79.6. The van der Waals surface area contributed by atoms with Crippen LogP contribution in [0.2, 0.25) is 0 Å². The van der Waals surface area contributed by atoms with Gasteiger partial charge in [0.1, 0.15) is 22.8 Å².